The van der Waals surface area contributed by atoms with Gasteiger partial charge in [-0.05, 0) is 50.2 Å². The number of benzene rings is 2. The SMILES string of the molecule is CC1(C)OCC(S(=O)(=O)c2ccc(Oc3ccccc3)cc2)C(C(=O)NO)O1. The maximum atomic E-state index is 13.0. The van der Waals surface area contributed by atoms with Crippen LogP contribution in [0.1, 0.15) is 13.8 Å². The van der Waals surface area contributed by atoms with Gasteiger partial charge in [0.05, 0.1) is 11.5 Å². The smallest absolute Gasteiger partial charge is 0.274 e. The number of sulfone groups is 1. The van der Waals surface area contributed by atoms with Crippen LogP contribution in [0, 0.1) is 0 Å². The second-order valence-corrected chi connectivity index (χ2v) is 8.86. The number of hydroxylamine groups is 1. The van der Waals surface area contributed by atoms with Gasteiger partial charge in [0.25, 0.3) is 5.91 Å². The molecule has 2 unspecified atom stereocenters. The summed E-state index contributed by atoms with van der Waals surface area (Å²) in [5.74, 6) is -1.02. The van der Waals surface area contributed by atoms with Gasteiger partial charge in [-0.1, -0.05) is 18.2 Å². The molecule has 1 fully saturated rings. The van der Waals surface area contributed by atoms with Crippen LogP contribution in [-0.4, -0.2) is 43.3 Å². The maximum absolute atomic E-state index is 13.0. The summed E-state index contributed by atoms with van der Waals surface area (Å²) in [4.78, 5) is 12.0. The van der Waals surface area contributed by atoms with E-state index in [0.29, 0.717) is 11.5 Å². The van der Waals surface area contributed by atoms with E-state index in [2.05, 4.69) is 0 Å². The number of rotatable bonds is 5. The van der Waals surface area contributed by atoms with Crippen molar-refractivity contribution in [3.8, 4) is 11.5 Å². The molecular weight excluding hydrogens is 386 g/mol. The molecule has 1 saturated heterocycles. The number of hydrogen-bond donors (Lipinski definition) is 2. The number of ether oxygens (including phenoxy) is 3. The molecule has 2 atom stereocenters. The first kappa shape index (κ1) is 20.3. The number of carbonyl (C=O) groups excluding carboxylic acids is 1. The monoisotopic (exact) mass is 407 g/mol. The fourth-order valence-corrected chi connectivity index (χ4v) is 4.44. The Labute approximate surface area is 162 Å². The van der Waals surface area contributed by atoms with Crippen LogP contribution in [0.25, 0.3) is 0 Å². The summed E-state index contributed by atoms with van der Waals surface area (Å²) in [5, 5.41) is 7.64. The third kappa shape index (κ3) is 4.33. The molecule has 8 nitrogen and oxygen atoms in total. The molecule has 0 aromatic heterocycles. The minimum atomic E-state index is -3.98. The highest BCUT2D eigenvalue weighted by Crippen LogP contribution is 2.31. The lowest BCUT2D eigenvalue weighted by molar-refractivity contribution is -0.267. The molecule has 9 heteroatoms. The number of hydrogen-bond acceptors (Lipinski definition) is 7. The van der Waals surface area contributed by atoms with Crippen molar-refractivity contribution >= 4 is 15.7 Å². The van der Waals surface area contributed by atoms with Crippen LogP contribution in [0.3, 0.4) is 0 Å². The quantitative estimate of drug-likeness (QED) is 0.578. The summed E-state index contributed by atoms with van der Waals surface area (Å²) in [6.45, 7) is 2.86. The van der Waals surface area contributed by atoms with Gasteiger partial charge < -0.3 is 14.2 Å². The summed E-state index contributed by atoms with van der Waals surface area (Å²) in [6, 6.07) is 14.9. The van der Waals surface area contributed by atoms with Crippen LogP contribution in [-0.2, 0) is 24.1 Å². The molecule has 2 N–H and O–H groups in total. The van der Waals surface area contributed by atoms with E-state index in [9.17, 15) is 13.2 Å². The Balaban J connectivity index is 1.84. The Hall–Kier alpha value is -2.46. The lowest BCUT2D eigenvalue weighted by Crippen LogP contribution is -2.57. The van der Waals surface area contributed by atoms with Crippen molar-refractivity contribution in [1.29, 1.82) is 0 Å². The lowest BCUT2D eigenvalue weighted by Gasteiger charge is -2.39. The molecule has 0 aliphatic carbocycles. The van der Waals surface area contributed by atoms with Crippen molar-refractivity contribution in [2.24, 2.45) is 0 Å². The molecular formula is C19H21NO7S. The fraction of sp³-hybridized carbons (Fsp3) is 0.316. The van der Waals surface area contributed by atoms with E-state index in [4.69, 9.17) is 19.4 Å². The van der Waals surface area contributed by atoms with Crippen LogP contribution in [0.5, 0.6) is 11.5 Å². The Kier molecular flexibility index (Phi) is 5.71. The molecule has 2 aromatic carbocycles. The normalized spacial score (nSPS) is 21.7. The zero-order chi connectivity index (χ0) is 20.4. The fourth-order valence-electron chi connectivity index (χ4n) is 2.82. The van der Waals surface area contributed by atoms with Gasteiger partial charge in [0.1, 0.15) is 16.7 Å². The molecule has 1 amide bonds. The largest absolute Gasteiger partial charge is 0.457 e. The average Bonchev–Trinajstić information content (AvgIpc) is 2.67. The third-order valence-electron chi connectivity index (χ3n) is 4.24. The van der Waals surface area contributed by atoms with Crippen molar-refractivity contribution in [2.75, 3.05) is 6.61 Å². The van der Waals surface area contributed by atoms with Crippen LogP contribution in [0.2, 0.25) is 0 Å². The minimum absolute atomic E-state index is 0.0134. The molecule has 0 saturated carbocycles. The predicted octanol–water partition coefficient (Wildman–Crippen LogP) is 2.28. The van der Waals surface area contributed by atoms with Gasteiger partial charge in [0.2, 0.25) is 0 Å². The van der Waals surface area contributed by atoms with Gasteiger partial charge in [-0.2, -0.15) is 0 Å². The number of nitrogens with one attached hydrogen (secondary N) is 1. The molecule has 150 valence electrons. The van der Waals surface area contributed by atoms with Crippen molar-refractivity contribution in [2.45, 2.75) is 35.9 Å². The minimum Gasteiger partial charge on any atom is -0.457 e. The van der Waals surface area contributed by atoms with Crippen molar-refractivity contribution in [1.82, 2.24) is 5.48 Å². The van der Waals surface area contributed by atoms with Crippen molar-refractivity contribution in [3.05, 3.63) is 54.6 Å². The number of carbonyl (C=O) groups is 1. The summed E-state index contributed by atoms with van der Waals surface area (Å²) in [7, 11) is -3.98. The molecule has 1 aliphatic rings. The van der Waals surface area contributed by atoms with E-state index in [-0.39, 0.29) is 11.5 Å². The highest BCUT2D eigenvalue weighted by atomic mass is 32.2. The standard InChI is InChI=1S/C19H21NO7S/c1-19(2)25-12-16(17(27-19)18(21)20-22)28(23,24)15-10-8-14(9-11-15)26-13-6-4-3-5-7-13/h3-11,16-17,22H,12H2,1-2H3,(H,20,21). The summed E-state index contributed by atoms with van der Waals surface area (Å²) >= 11 is 0. The summed E-state index contributed by atoms with van der Waals surface area (Å²) in [6.07, 6.45) is -1.42. The van der Waals surface area contributed by atoms with Gasteiger partial charge in [-0.3, -0.25) is 10.0 Å². The Morgan fingerprint density at radius 3 is 2.32 bits per heavy atom. The molecule has 0 radical (unpaired) electrons. The van der Waals surface area contributed by atoms with E-state index in [1.807, 2.05) is 18.2 Å². The van der Waals surface area contributed by atoms with Crippen LogP contribution in [0.4, 0.5) is 0 Å². The topological polar surface area (TPSA) is 111 Å². The molecule has 28 heavy (non-hydrogen) atoms. The Morgan fingerprint density at radius 2 is 1.71 bits per heavy atom. The summed E-state index contributed by atoms with van der Waals surface area (Å²) < 4.78 is 42.6. The van der Waals surface area contributed by atoms with Crippen LogP contribution >= 0.6 is 0 Å². The van der Waals surface area contributed by atoms with Gasteiger partial charge in [0.15, 0.2) is 21.7 Å². The Morgan fingerprint density at radius 1 is 1.11 bits per heavy atom. The number of amides is 1. The molecule has 0 spiro atoms. The molecule has 2 aromatic rings. The van der Waals surface area contributed by atoms with Crippen molar-refractivity contribution < 1.29 is 32.6 Å². The lowest BCUT2D eigenvalue weighted by atomic mass is 10.2. The average molecular weight is 407 g/mol. The highest BCUT2D eigenvalue weighted by Gasteiger charge is 2.47. The van der Waals surface area contributed by atoms with Gasteiger partial charge in [0, 0.05) is 0 Å². The first-order valence-corrected chi connectivity index (χ1v) is 10.1. The van der Waals surface area contributed by atoms with Gasteiger partial charge >= 0.3 is 0 Å². The molecule has 1 aliphatic heterocycles. The molecule has 0 bridgehead atoms. The second-order valence-electron chi connectivity index (χ2n) is 6.70. The van der Waals surface area contributed by atoms with Crippen molar-refractivity contribution in [3.63, 3.8) is 0 Å². The van der Waals surface area contributed by atoms with E-state index < -0.39 is 32.9 Å². The Bertz CT molecular complexity index is 927. The van der Waals surface area contributed by atoms with Gasteiger partial charge in [-0.15, -0.1) is 0 Å². The zero-order valence-corrected chi connectivity index (χ0v) is 16.2. The van der Waals surface area contributed by atoms with Crippen LogP contribution < -0.4 is 10.2 Å². The third-order valence-corrected chi connectivity index (χ3v) is 6.35. The highest BCUT2D eigenvalue weighted by molar-refractivity contribution is 7.92. The summed E-state index contributed by atoms with van der Waals surface area (Å²) in [5.41, 5.74) is 1.46. The zero-order valence-electron chi connectivity index (χ0n) is 15.4. The van der Waals surface area contributed by atoms with Crippen LogP contribution in [0.15, 0.2) is 59.5 Å². The first-order chi connectivity index (χ1) is 13.2. The van der Waals surface area contributed by atoms with Gasteiger partial charge in [-0.25, -0.2) is 13.9 Å². The first-order valence-electron chi connectivity index (χ1n) is 8.55. The van der Waals surface area contributed by atoms with E-state index >= 15 is 0 Å². The van der Waals surface area contributed by atoms with E-state index in [0.717, 1.165) is 0 Å². The second kappa shape index (κ2) is 7.88. The molecule has 1 heterocycles. The van der Waals surface area contributed by atoms with E-state index in [1.54, 1.807) is 26.0 Å². The molecule has 3 rings (SSSR count). The predicted molar refractivity (Wildman–Crippen MR) is 98.8 cm³/mol. The number of para-hydroxylation sites is 1. The maximum Gasteiger partial charge on any atom is 0.274 e. The van der Waals surface area contributed by atoms with E-state index in [1.165, 1.54) is 29.7 Å².